The maximum atomic E-state index is 6.07. The molecule has 0 amide bonds. The van der Waals surface area contributed by atoms with E-state index in [1.807, 2.05) is 12.1 Å². The first kappa shape index (κ1) is 15.8. The van der Waals surface area contributed by atoms with Gasteiger partial charge in [-0.2, -0.15) is 0 Å². The molecule has 2 rings (SSSR count). The van der Waals surface area contributed by atoms with Gasteiger partial charge in [-0.25, -0.2) is 0 Å². The minimum Gasteiger partial charge on any atom is -0.496 e. The molecule has 0 aliphatic heterocycles. The van der Waals surface area contributed by atoms with E-state index in [1.165, 1.54) is 37.7 Å². The Labute approximate surface area is 130 Å². The van der Waals surface area contributed by atoms with Crippen LogP contribution < -0.4 is 10.5 Å². The monoisotopic (exact) mass is 340 g/mol. The van der Waals surface area contributed by atoms with Crippen LogP contribution in [0.5, 0.6) is 5.75 Å². The molecule has 2 N–H and O–H groups in total. The Morgan fingerprint density at radius 2 is 2.05 bits per heavy atom. The van der Waals surface area contributed by atoms with E-state index in [2.05, 4.69) is 33.9 Å². The normalized spacial score (nSPS) is 18.2. The number of benzene rings is 1. The van der Waals surface area contributed by atoms with Crippen molar-refractivity contribution in [2.45, 2.75) is 44.2 Å². The van der Waals surface area contributed by atoms with Crippen molar-refractivity contribution < 1.29 is 4.74 Å². The van der Waals surface area contributed by atoms with Gasteiger partial charge < -0.3 is 10.5 Å². The number of nitrogens with zero attached hydrogens (tertiary/aromatic N) is 1. The van der Waals surface area contributed by atoms with Crippen LogP contribution in [0.4, 0.5) is 0 Å². The van der Waals surface area contributed by atoms with Crippen molar-refractivity contribution in [3.05, 3.63) is 28.2 Å². The summed E-state index contributed by atoms with van der Waals surface area (Å²) in [4.78, 5) is 2.45. The van der Waals surface area contributed by atoms with E-state index in [4.69, 9.17) is 10.5 Å². The van der Waals surface area contributed by atoms with Gasteiger partial charge in [-0.15, -0.1) is 0 Å². The summed E-state index contributed by atoms with van der Waals surface area (Å²) in [5, 5.41) is 0. The second-order valence-corrected chi connectivity index (χ2v) is 6.51. The molecule has 1 atom stereocenters. The van der Waals surface area contributed by atoms with E-state index in [-0.39, 0.29) is 6.04 Å². The van der Waals surface area contributed by atoms with E-state index < -0.39 is 0 Å². The van der Waals surface area contributed by atoms with Crippen LogP contribution >= 0.6 is 15.9 Å². The van der Waals surface area contributed by atoms with Crippen LogP contribution in [0.25, 0.3) is 0 Å². The number of rotatable bonds is 5. The number of hydrogen-bond donors (Lipinski definition) is 1. The molecule has 1 aliphatic rings. The molecule has 1 aromatic carbocycles. The molecule has 20 heavy (non-hydrogen) atoms. The van der Waals surface area contributed by atoms with Crippen molar-refractivity contribution in [2.75, 3.05) is 20.7 Å². The highest BCUT2D eigenvalue weighted by molar-refractivity contribution is 9.10. The van der Waals surface area contributed by atoms with Gasteiger partial charge in [0.1, 0.15) is 5.75 Å². The predicted molar refractivity (Wildman–Crippen MR) is 87.1 cm³/mol. The fraction of sp³-hybridized carbons (Fsp3) is 0.625. The van der Waals surface area contributed by atoms with Crippen molar-refractivity contribution in [1.29, 1.82) is 0 Å². The molecule has 4 heteroatoms. The Hall–Kier alpha value is -0.580. The minimum absolute atomic E-state index is 0.213. The summed E-state index contributed by atoms with van der Waals surface area (Å²) in [5.41, 5.74) is 7.25. The standard InChI is InChI=1S/C16H25BrN2O/c1-19(13-6-4-3-5-7-13)15(11-18)14-10-12(17)8-9-16(14)20-2/h8-10,13,15H,3-7,11,18H2,1-2H3. The van der Waals surface area contributed by atoms with Gasteiger partial charge in [0.05, 0.1) is 13.2 Å². The lowest BCUT2D eigenvalue weighted by Crippen LogP contribution is -2.39. The molecule has 1 saturated carbocycles. The average molecular weight is 341 g/mol. The zero-order valence-electron chi connectivity index (χ0n) is 12.4. The van der Waals surface area contributed by atoms with E-state index in [1.54, 1.807) is 7.11 Å². The van der Waals surface area contributed by atoms with E-state index in [9.17, 15) is 0 Å². The van der Waals surface area contributed by atoms with E-state index in [0.29, 0.717) is 12.6 Å². The summed E-state index contributed by atoms with van der Waals surface area (Å²) < 4.78 is 6.59. The molecule has 1 unspecified atom stereocenters. The van der Waals surface area contributed by atoms with Crippen LogP contribution in [0, 0.1) is 0 Å². The number of halogens is 1. The highest BCUT2D eigenvalue weighted by atomic mass is 79.9. The molecule has 0 saturated heterocycles. The molecule has 0 bridgehead atoms. The van der Waals surface area contributed by atoms with E-state index in [0.717, 1.165) is 10.2 Å². The average Bonchev–Trinajstić information content (AvgIpc) is 2.49. The fourth-order valence-electron chi connectivity index (χ4n) is 3.22. The summed E-state index contributed by atoms with van der Waals surface area (Å²) in [6.45, 7) is 0.611. The Morgan fingerprint density at radius 1 is 1.35 bits per heavy atom. The van der Waals surface area contributed by atoms with Gasteiger partial charge in [0.2, 0.25) is 0 Å². The van der Waals surface area contributed by atoms with Crippen molar-refractivity contribution in [3.63, 3.8) is 0 Å². The maximum Gasteiger partial charge on any atom is 0.123 e. The van der Waals surface area contributed by atoms with Gasteiger partial charge in [0, 0.05) is 22.6 Å². The Morgan fingerprint density at radius 3 is 2.65 bits per heavy atom. The largest absolute Gasteiger partial charge is 0.496 e. The minimum atomic E-state index is 0.213. The molecule has 0 aromatic heterocycles. The van der Waals surface area contributed by atoms with Crippen molar-refractivity contribution >= 4 is 15.9 Å². The fourth-order valence-corrected chi connectivity index (χ4v) is 3.60. The molecule has 0 spiro atoms. The Balaban J connectivity index is 2.24. The maximum absolute atomic E-state index is 6.07. The third-order valence-corrected chi connectivity index (χ3v) is 4.91. The number of likely N-dealkylation sites (N-methyl/N-ethyl adjacent to an activating group) is 1. The summed E-state index contributed by atoms with van der Waals surface area (Å²) in [6.07, 6.45) is 6.61. The lowest BCUT2D eigenvalue weighted by molar-refractivity contribution is 0.139. The zero-order chi connectivity index (χ0) is 14.5. The van der Waals surface area contributed by atoms with Crippen LogP contribution in [0.1, 0.15) is 43.7 Å². The summed E-state index contributed by atoms with van der Waals surface area (Å²) >= 11 is 3.55. The third kappa shape index (κ3) is 3.54. The highest BCUT2D eigenvalue weighted by Gasteiger charge is 2.26. The smallest absolute Gasteiger partial charge is 0.123 e. The first-order chi connectivity index (χ1) is 9.67. The van der Waals surface area contributed by atoms with Crippen molar-refractivity contribution in [1.82, 2.24) is 4.90 Å². The van der Waals surface area contributed by atoms with Crippen LogP contribution in [0.2, 0.25) is 0 Å². The third-order valence-electron chi connectivity index (χ3n) is 4.42. The molecule has 1 fully saturated rings. The quantitative estimate of drug-likeness (QED) is 0.887. The molecular formula is C16H25BrN2O. The van der Waals surface area contributed by atoms with Gasteiger partial charge in [-0.3, -0.25) is 4.90 Å². The second kappa shape index (κ2) is 7.43. The Bertz CT molecular complexity index is 432. The zero-order valence-corrected chi connectivity index (χ0v) is 14.0. The molecule has 1 aliphatic carbocycles. The molecule has 3 nitrogen and oxygen atoms in total. The van der Waals surface area contributed by atoms with Crippen molar-refractivity contribution in [3.8, 4) is 5.75 Å². The topological polar surface area (TPSA) is 38.5 Å². The first-order valence-corrected chi connectivity index (χ1v) is 8.22. The van der Waals surface area contributed by atoms with Crippen LogP contribution in [-0.2, 0) is 0 Å². The van der Waals surface area contributed by atoms with Gasteiger partial charge in [0.15, 0.2) is 0 Å². The van der Waals surface area contributed by atoms with Gasteiger partial charge >= 0.3 is 0 Å². The lowest BCUT2D eigenvalue weighted by atomic mass is 9.92. The van der Waals surface area contributed by atoms with Crippen LogP contribution in [0.15, 0.2) is 22.7 Å². The number of methoxy groups -OCH3 is 1. The molecular weight excluding hydrogens is 316 g/mol. The number of hydrogen-bond acceptors (Lipinski definition) is 3. The SMILES string of the molecule is COc1ccc(Br)cc1C(CN)N(C)C1CCCCC1. The number of nitrogens with two attached hydrogens (primary N) is 1. The molecule has 1 aromatic rings. The lowest BCUT2D eigenvalue weighted by Gasteiger charge is -2.37. The van der Waals surface area contributed by atoms with Gasteiger partial charge in [-0.05, 0) is 38.1 Å². The first-order valence-electron chi connectivity index (χ1n) is 7.42. The molecule has 112 valence electrons. The molecule has 0 heterocycles. The summed E-state index contributed by atoms with van der Waals surface area (Å²) in [5.74, 6) is 0.923. The Kier molecular flexibility index (Phi) is 5.87. The summed E-state index contributed by atoms with van der Waals surface area (Å²) in [7, 11) is 3.93. The second-order valence-electron chi connectivity index (χ2n) is 5.60. The van der Waals surface area contributed by atoms with Gasteiger partial charge in [-0.1, -0.05) is 35.2 Å². The van der Waals surface area contributed by atoms with E-state index >= 15 is 0 Å². The van der Waals surface area contributed by atoms with Gasteiger partial charge in [0.25, 0.3) is 0 Å². The highest BCUT2D eigenvalue weighted by Crippen LogP contribution is 2.34. The predicted octanol–water partition coefficient (Wildman–Crippen LogP) is 3.72. The number of ether oxygens (including phenoxy) is 1. The summed E-state index contributed by atoms with van der Waals surface area (Å²) in [6, 6.07) is 7.01. The molecule has 0 radical (unpaired) electrons. The van der Waals surface area contributed by atoms with Crippen LogP contribution in [-0.4, -0.2) is 31.6 Å². The van der Waals surface area contributed by atoms with Crippen molar-refractivity contribution in [2.24, 2.45) is 5.73 Å². The van der Waals surface area contributed by atoms with Crippen LogP contribution in [0.3, 0.4) is 0 Å².